The van der Waals surface area contributed by atoms with E-state index in [1.807, 2.05) is 32.0 Å². The molecule has 0 radical (unpaired) electrons. The molecule has 1 aromatic heterocycles. The number of halogens is 1. The summed E-state index contributed by atoms with van der Waals surface area (Å²) in [5.41, 5.74) is 7.59. The van der Waals surface area contributed by atoms with Gasteiger partial charge in [-0.25, -0.2) is 0 Å². The summed E-state index contributed by atoms with van der Waals surface area (Å²) in [5, 5.41) is 4.44. The highest BCUT2D eigenvalue weighted by Gasteiger charge is 2.10. The monoisotopic (exact) mass is 266 g/mol. The van der Waals surface area contributed by atoms with E-state index in [1.165, 1.54) is 0 Å². The summed E-state index contributed by atoms with van der Waals surface area (Å²) in [7, 11) is 0. The molecule has 2 aromatic rings. The molecule has 0 aliphatic rings. The molecule has 0 aliphatic heterocycles. The van der Waals surface area contributed by atoms with Gasteiger partial charge < -0.3 is 15.0 Å². The first-order chi connectivity index (χ1) is 8.56. The first-order valence-corrected chi connectivity index (χ1v) is 6.04. The van der Waals surface area contributed by atoms with Gasteiger partial charge in [0.1, 0.15) is 12.4 Å². The van der Waals surface area contributed by atoms with Crippen LogP contribution in [0.15, 0.2) is 28.8 Å². The highest BCUT2D eigenvalue weighted by atomic mass is 35.5. The van der Waals surface area contributed by atoms with Gasteiger partial charge in [-0.15, -0.1) is 0 Å². The highest BCUT2D eigenvalue weighted by molar-refractivity contribution is 6.30. The number of hydrogen-bond donors (Lipinski definition) is 1. The van der Waals surface area contributed by atoms with Crippen molar-refractivity contribution in [3.8, 4) is 5.75 Å². The predicted molar refractivity (Wildman–Crippen MR) is 69.6 cm³/mol. The van der Waals surface area contributed by atoms with E-state index in [-0.39, 0.29) is 6.04 Å². The molecule has 0 aliphatic carbocycles. The maximum Gasteiger partial charge on any atom is 0.174 e. The van der Waals surface area contributed by atoms with Crippen molar-refractivity contribution in [2.45, 2.75) is 26.5 Å². The summed E-state index contributed by atoms with van der Waals surface area (Å²) in [5.74, 6) is 1.39. The van der Waals surface area contributed by atoms with Crippen molar-refractivity contribution in [1.29, 1.82) is 0 Å². The molecule has 4 nitrogen and oxygen atoms in total. The minimum Gasteiger partial charge on any atom is -0.485 e. The maximum atomic E-state index is 5.94. The van der Waals surface area contributed by atoms with Gasteiger partial charge in [0.2, 0.25) is 0 Å². The average Bonchev–Trinajstić information content (AvgIpc) is 2.73. The van der Waals surface area contributed by atoms with Crippen LogP contribution in [0.1, 0.15) is 30.0 Å². The van der Waals surface area contributed by atoms with Gasteiger partial charge in [0, 0.05) is 22.7 Å². The molecule has 0 spiro atoms. The molecule has 1 unspecified atom stereocenters. The second-order valence-electron chi connectivity index (χ2n) is 4.19. The molecule has 96 valence electrons. The smallest absolute Gasteiger partial charge is 0.174 e. The van der Waals surface area contributed by atoms with E-state index in [9.17, 15) is 0 Å². The van der Waals surface area contributed by atoms with Crippen LogP contribution in [-0.4, -0.2) is 5.16 Å². The summed E-state index contributed by atoms with van der Waals surface area (Å²) in [6, 6.07) is 7.09. The van der Waals surface area contributed by atoms with Crippen molar-refractivity contribution in [3.63, 3.8) is 0 Å². The normalized spacial score (nSPS) is 12.4. The number of nitrogens with zero attached hydrogens (tertiary/aromatic N) is 1. The molecule has 0 bridgehead atoms. The Balaban J connectivity index is 2.13. The first kappa shape index (κ1) is 12.9. The second kappa shape index (κ2) is 5.42. The van der Waals surface area contributed by atoms with E-state index in [0.717, 1.165) is 11.3 Å². The molecule has 1 atom stereocenters. The molecule has 0 saturated carbocycles. The Morgan fingerprint density at radius 3 is 2.83 bits per heavy atom. The molecular formula is C13H15ClN2O2. The average molecular weight is 267 g/mol. The lowest BCUT2D eigenvalue weighted by Crippen LogP contribution is -2.08. The number of benzene rings is 1. The highest BCUT2D eigenvalue weighted by Crippen LogP contribution is 2.27. The fourth-order valence-electron chi connectivity index (χ4n) is 1.64. The summed E-state index contributed by atoms with van der Waals surface area (Å²) in [4.78, 5) is 0. The van der Waals surface area contributed by atoms with Crippen LogP contribution in [-0.2, 0) is 6.61 Å². The molecule has 5 heteroatoms. The summed E-state index contributed by atoms with van der Waals surface area (Å²) in [6.07, 6.45) is 0. The SMILES string of the molecule is Cc1cc(COc2ccc(Cl)cc2C(C)N)on1. The van der Waals surface area contributed by atoms with Gasteiger partial charge in [0.05, 0.1) is 5.69 Å². The third kappa shape index (κ3) is 3.03. The third-order valence-corrected chi connectivity index (χ3v) is 2.74. The van der Waals surface area contributed by atoms with Gasteiger partial charge in [0.25, 0.3) is 0 Å². The Kier molecular flexibility index (Phi) is 3.89. The van der Waals surface area contributed by atoms with Gasteiger partial charge in [-0.2, -0.15) is 0 Å². The first-order valence-electron chi connectivity index (χ1n) is 5.66. The minimum atomic E-state index is -0.143. The van der Waals surface area contributed by atoms with Gasteiger partial charge in [-0.3, -0.25) is 0 Å². The van der Waals surface area contributed by atoms with Crippen molar-refractivity contribution in [2.75, 3.05) is 0 Å². The molecule has 0 saturated heterocycles. The van der Waals surface area contributed by atoms with Crippen molar-refractivity contribution >= 4 is 11.6 Å². The van der Waals surface area contributed by atoms with Crippen LogP contribution in [0.25, 0.3) is 0 Å². The van der Waals surface area contributed by atoms with E-state index in [1.54, 1.807) is 6.07 Å². The predicted octanol–water partition coefficient (Wildman–Crippen LogP) is 3.24. The Morgan fingerprint density at radius 2 is 2.22 bits per heavy atom. The molecular weight excluding hydrogens is 252 g/mol. The van der Waals surface area contributed by atoms with Crippen LogP contribution in [0, 0.1) is 6.92 Å². The Bertz CT molecular complexity index is 538. The largest absolute Gasteiger partial charge is 0.485 e. The molecule has 2 N–H and O–H groups in total. The van der Waals surface area contributed by atoms with E-state index < -0.39 is 0 Å². The number of ether oxygens (including phenoxy) is 1. The fourth-order valence-corrected chi connectivity index (χ4v) is 1.82. The number of rotatable bonds is 4. The van der Waals surface area contributed by atoms with E-state index in [2.05, 4.69) is 5.16 Å². The molecule has 2 rings (SSSR count). The van der Waals surface area contributed by atoms with E-state index in [4.69, 9.17) is 26.6 Å². The molecule has 18 heavy (non-hydrogen) atoms. The maximum absolute atomic E-state index is 5.94. The van der Waals surface area contributed by atoms with Crippen molar-refractivity contribution < 1.29 is 9.26 Å². The van der Waals surface area contributed by atoms with Crippen LogP contribution in [0.4, 0.5) is 0 Å². The third-order valence-electron chi connectivity index (χ3n) is 2.51. The zero-order valence-electron chi connectivity index (χ0n) is 10.3. The summed E-state index contributed by atoms with van der Waals surface area (Å²) < 4.78 is 10.8. The van der Waals surface area contributed by atoms with Crippen molar-refractivity contribution in [1.82, 2.24) is 5.16 Å². The molecule has 1 aromatic carbocycles. The second-order valence-corrected chi connectivity index (χ2v) is 4.63. The standard InChI is InChI=1S/C13H15ClN2O2/c1-8-5-11(18-16-8)7-17-13-4-3-10(14)6-12(13)9(2)15/h3-6,9H,7,15H2,1-2H3. The number of aryl methyl sites for hydroxylation is 1. The number of hydrogen-bond acceptors (Lipinski definition) is 4. The number of nitrogens with two attached hydrogens (primary N) is 1. The Hall–Kier alpha value is -1.52. The Morgan fingerprint density at radius 1 is 1.44 bits per heavy atom. The minimum absolute atomic E-state index is 0.143. The lowest BCUT2D eigenvalue weighted by Gasteiger charge is -2.13. The Labute approximate surface area is 111 Å². The zero-order valence-corrected chi connectivity index (χ0v) is 11.1. The fraction of sp³-hybridized carbons (Fsp3) is 0.308. The molecule has 0 amide bonds. The topological polar surface area (TPSA) is 61.3 Å². The lowest BCUT2D eigenvalue weighted by molar-refractivity contribution is 0.246. The zero-order chi connectivity index (χ0) is 13.1. The summed E-state index contributed by atoms with van der Waals surface area (Å²) >= 11 is 5.94. The van der Waals surface area contributed by atoms with Gasteiger partial charge >= 0.3 is 0 Å². The summed E-state index contributed by atoms with van der Waals surface area (Å²) in [6.45, 7) is 4.07. The lowest BCUT2D eigenvalue weighted by atomic mass is 10.1. The van der Waals surface area contributed by atoms with Gasteiger partial charge in [-0.05, 0) is 32.0 Å². The van der Waals surface area contributed by atoms with Crippen molar-refractivity contribution in [3.05, 3.63) is 46.3 Å². The van der Waals surface area contributed by atoms with Crippen LogP contribution in [0.3, 0.4) is 0 Å². The number of aromatic nitrogens is 1. The quantitative estimate of drug-likeness (QED) is 0.923. The van der Waals surface area contributed by atoms with Crippen molar-refractivity contribution in [2.24, 2.45) is 5.73 Å². The van der Waals surface area contributed by atoms with Crippen LogP contribution >= 0.6 is 11.6 Å². The van der Waals surface area contributed by atoms with Crippen LogP contribution < -0.4 is 10.5 Å². The van der Waals surface area contributed by atoms with E-state index in [0.29, 0.717) is 23.1 Å². The van der Waals surface area contributed by atoms with Crippen LogP contribution in [0.5, 0.6) is 5.75 Å². The van der Waals surface area contributed by atoms with Gasteiger partial charge in [0.15, 0.2) is 5.76 Å². The van der Waals surface area contributed by atoms with Gasteiger partial charge in [-0.1, -0.05) is 16.8 Å². The van der Waals surface area contributed by atoms with E-state index >= 15 is 0 Å². The molecule has 1 heterocycles. The molecule has 0 fully saturated rings. The van der Waals surface area contributed by atoms with Crippen LogP contribution in [0.2, 0.25) is 5.02 Å².